The van der Waals surface area contributed by atoms with E-state index in [9.17, 15) is 14.7 Å². The number of aliphatic hydroxyl groups excluding tert-OH is 1. The van der Waals surface area contributed by atoms with E-state index in [1.165, 1.54) is 11.3 Å². The van der Waals surface area contributed by atoms with Crippen molar-refractivity contribution in [2.24, 2.45) is 11.3 Å². The number of carbonyl (C=O) groups is 2. The second-order valence-corrected chi connectivity index (χ2v) is 7.45. The minimum Gasteiger partial charge on any atom is -0.396 e. The van der Waals surface area contributed by atoms with Crippen LogP contribution in [0.2, 0.25) is 0 Å². The van der Waals surface area contributed by atoms with Gasteiger partial charge in [0.2, 0.25) is 5.91 Å². The number of amides is 1. The molecule has 20 heavy (non-hydrogen) atoms. The van der Waals surface area contributed by atoms with Crippen LogP contribution in [0.15, 0.2) is 0 Å². The number of aliphatic hydroxyl groups is 1. The molecule has 0 spiro atoms. The van der Waals surface area contributed by atoms with E-state index >= 15 is 0 Å². The Balaban J connectivity index is 1.91. The summed E-state index contributed by atoms with van der Waals surface area (Å²) in [4.78, 5) is 31.0. The number of rotatable bonds is 2. The van der Waals surface area contributed by atoms with Crippen molar-refractivity contribution in [1.82, 2.24) is 4.98 Å². The van der Waals surface area contributed by atoms with E-state index in [-0.39, 0.29) is 29.6 Å². The molecule has 1 aliphatic heterocycles. The first-order valence-electron chi connectivity index (χ1n) is 6.84. The highest BCUT2D eigenvalue weighted by atomic mass is 32.1. The molecule has 1 saturated heterocycles. The summed E-state index contributed by atoms with van der Waals surface area (Å²) in [5.41, 5.74) is 0.768. The van der Waals surface area contributed by atoms with E-state index in [1.54, 1.807) is 4.90 Å². The molecule has 0 saturated carbocycles. The number of hydrogen-bond donors (Lipinski definition) is 1. The van der Waals surface area contributed by atoms with Crippen molar-refractivity contribution in [3.05, 3.63) is 10.6 Å². The number of ketones is 1. The molecule has 6 heteroatoms. The van der Waals surface area contributed by atoms with E-state index in [2.05, 4.69) is 18.8 Å². The van der Waals surface area contributed by atoms with Crippen LogP contribution in [0, 0.1) is 11.3 Å². The Labute approximate surface area is 121 Å². The average Bonchev–Trinajstić information content (AvgIpc) is 2.90. The third-order valence-electron chi connectivity index (χ3n) is 3.92. The summed E-state index contributed by atoms with van der Waals surface area (Å²) in [6, 6.07) is 0. The van der Waals surface area contributed by atoms with Gasteiger partial charge in [-0.05, 0) is 11.8 Å². The van der Waals surface area contributed by atoms with Crippen LogP contribution in [0.4, 0.5) is 5.13 Å². The van der Waals surface area contributed by atoms with Gasteiger partial charge in [-0.2, -0.15) is 0 Å². The molecule has 1 aromatic heterocycles. The smallest absolute Gasteiger partial charge is 0.229 e. The highest BCUT2D eigenvalue weighted by molar-refractivity contribution is 7.17. The topological polar surface area (TPSA) is 70.5 Å². The molecular weight excluding hydrogens is 276 g/mol. The minimum atomic E-state index is -0.0575. The van der Waals surface area contributed by atoms with Crippen LogP contribution in [0.1, 0.15) is 42.1 Å². The van der Waals surface area contributed by atoms with E-state index in [4.69, 9.17) is 0 Å². The number of carbonyl (C=O) groups excluding carboxylic acids is 2. The molecule has 1 fully saturated rings. The molecule has 0 bridgehead atoms. The van der Waals surface area contributed by atoms with Gasteiger partial charge < -0.3 is 5.11 Å². The van der Waals surface area contributed by atoms with E-state index in [1.807, 2.05) is 0 Å². The molecule has 1 aromatic rings. The maximum Gasteiger partial charge on any atom is 0.229 e. The summed E-state index contributed by atoms with van der Waals surface area (Å²) < 4.78 is 0. The second kappa shape index (κ2) is 4.63. The third kappa shape index (κ3) is 2.27. The van der Waals surface area contributed by atoms with Crippen molar-refractivity contribution in [3.63, 3.8) is 0 Å². The number of fused-ring (bicyclic) bond motifs is 1. The molecule has 1 aliphatic carbocycles. The van der Waals surface area contributed by atoms with Crippen molar-refractivity contribution in [1.29, 1.82) is 0 Å². The van der Waals surface area contributed by atoms with Crippen molar-refractivity contribution < 1.29 is 14.7 Å². The zero-order valence-electron chi connectivity index (χ0n) is 11.7. The summed E-state index contributed by atoms with van der Waals surface area (Å²) in [5, 5.41) is 9.78. The van der Waals surface area contributed by atoms with Gasteiger partial charge in [-0.3, -0.25) is 14.5 Å². The summed E-state index contributed by atoms with van der Waals surface area (Å²) >= 11 is 1.32. The number of aromatic nitrogens is 1. The summed E-state index contributed by atoms with van der Waals surface area (Å²) in [5.74, 6) is 0.0998. The van der Waals surface area contributed by atoms with E-state index in [0.29, 0.717) is 29.4 Å². The van der Waals surface area contributed by atoms with Gasteiger partial charge in [0.25, 0.3) is 0 Å². The van der Waals surface area contributed by atoms with Gasteiger partial charge in [-0.1, -0.05) is 25.2 Å². The Morgan fingerprint density at radius 3 is 2.80 bits per heavy atom. The van der Waals surface area contributed by atoms with Crippen molar-refractivity contribution >= 4 is 28.2 Å². The zero-order chi connectivity index (χ0) is 14.5. The lowest BCUT2D eigenvalue weighted by Gasteiger charge is -2.26. The fourth-order valence-electron chi connectivity index (χ4n) is 2.91. The third-order valence-corrected chi connectivity index (χ3v) is 5.08. The summed E-state index contributed by atoms with van der Waals surface area (Å²) in [6.07, 6.45) is 1.67. The van der Waals surface area contributed by atoms with Crippen molar-refractivity contribution in [3.8, 4) is 0 Å². The van der Waals surface area contributed by atoms with Crippen molar-refractivity contribution in [2.45, 2.75) is 33.1 Å². The zero-order valence-corrected chi connectivity index (χ0v) is 12.5. The molecule has 1 amide bonds. The lowest BCUT2D eigenvalue weighted by atomic mass is 9.78. The minimum absolute atomic E-state index is 0.0122. The van der Waals surface area contributed by atoms with Crippen LogP contribution in [0.5, 0.6) is 0 Å². The first-order valence-corrected chi connectivity index (χ1v) is 7.65. The molecule has 1 atom stereocenters. The van der Waals surface area contributed by atoms with E-state index < -0.39 is 0 Å². The van der Waals surface area contributed by atoms with Gasteiger partial charge in [0.05, 0.1) is 10.6 Å². The lowest BCUT2D eigenvalue weighted by molar-refractivity contribution is -0.117. The molecule has 3 rings (SSSR count). The monoisotopic (exact) mass is 294 g/mol. The van der Waals surface area contributed by atoms with Gasteiger partial charge in [-0.25, -0.2) is 4.98 Å². The first-order chi connectivity index (χ1) is 9.39. The van der Waals surface area contributed by atoms with Gasteiger partial charge in [-0.15, -0.1) is 0 Å². The Hall–Kier alpha value is -1.27. The van der Waals surface area contributed by atoms with Crippen LogP contribution < -0.4 is 4.90 Å². The van der Waals surface area contributed by atoms with Crippen LogP contribution >= 0.6 is 11.3 Å². The number of hydrogen-bond acceptors (Lipinski definition) is 5. The van der Waals surface area contributed by atoms with Gasteiger partial charge in [0, 0.05) is 31.9 Å². The molecule has 0 radical (unpaired) electrons. The van der Waals surface area contributed by atoms with E-state index in [0.717, 1.165) is 12.1 Å². The number of thiazole rings is 1. The predicted molar refractivity (Wildman–Crippen MR) is 76.1 cm³/mol. The van der Waals surface area contributed by atoms with Crippen molar-refractivity contribution in [2.75, 3.05) is 18.1 Å². The molecule has 5 nitrogen and oxygen atoms in total. The highest BCUT2D eigenvalue weighted by Crippen LogP contribution is 2.40. The van der Waals surface area contributed by atoms with Gasteiger partial charge in [0.1, 0.15) is 0 Å². The maximum absolute atomic E-state index is 12.2. The van der Waals surface area contributed by atoms with Crippen LogP contribution in [0.25, 0.3) is 0 Å². The fraction of sp³-hybridized carbons (Fsp3) is 0.643. The SMILES string of the molecule is CC1(C)CC(=O)c2sc(N3CC(CO)CC3=O)nc2C1. The standard InChI is InChI=1S/C14H18N2O3S/c1-14(2)4-9-12(10(18)5-14)20-13(15-9)16-6-8(7-17)3-11(16)19/h8,17H,3-7H2,1-2H3. The predicted octanol–water partition coefficient (Wildman–Crippen LogP) is 1.64. The average molecular weight is 294 g/mol. The summed E-state index contributed by atoms with van der Waals surface area (Å²) in [7, 11) is 0. The Morgan fingerprint density at radius 1 is 1.40 bits per heavy atom. The number of Topliss-reactive ketones (excluding diaryl/α,β-unsaturated/α-hetero) is 1. The molecule has 1 N–H and O–H groups in total. The molecule has 2 aliphatic rings. The molecule has 2 heterocycles. The largest absolute Gasteiger partial charge is 0.396 e. The normalized spacial score (nSPS) is 25.1. The summed E-state index contributed by atoms with van der Waals surface area (Å²) in [6.45, 7) is 4.64. The quantitative estimate of drug-likeness (QED) is 0.900. The Morgan fingerprint density at radius 2 is 2.15 bits per heavy atom. The van der Waals surface area contributed by atoms with Gasteiger partial charge in [0.15, 0.2) is 10.9 Å². The molecule has 108 valence electrons. The molecular formula is C14H18N2O3S. The van der Waals surface area contributed by atoms with Crippen LogP contribution in [-0.4, -0.2) is 34.9 Å². The van der Waals surface area contributed by atoms with Gasteiger partial charge >= 0.3 is 0 Å². The molecule has 0 aromatic carbocycles. The highest BCUT2D eigenvalue weighted by Gasteiger charge is 2.37. The number of nitrogens with zero attached hydrogens (tertiary/aromatic N) is 2. The second-order valence-electron chi connectivity index (χ2n) is 6.47. The Bertz CT molecular complexity index is 579. The lowest BCUT2D eigenvalue weighted by Crippen LogP contribution is -2.26. The maximum atomic E-state index is 12.2. The van der Waals surface area contributed by atoms with Crippen LogP contribution in [0.3, 0.4) is 0 Å². The first kappa shape index (κ1) is 13.7. The van der Waals surface area contributed by atoms with Crippen LogP contribution in [-0.2, 0) is 11.2 Å². The molecule has 1 unspecified atom stereocenters. The Kier molecular flexibility index (Phi) is 3.17. The fourth-order valence-corrected chi connectivity index (χ4v) is 3.96. The number of anilines is 1.